The second kappa shape index (κ2) is 8.88. The zero-order chi connectivity index (χ0) is 21.1. The minimum atomic E-state index is -0.578. The summed E-state index contributed by atoms with van der Waals surface area (Å²) in [5, 5.41) is 0. The van der Waals surface area contributed by atoms with Gasteiger partial charge in [-0.3, -0.25) is 14.5 Å². The molecule has 4 rings (SSSR count). The Kier molecular flexibility index (Phi) is 6.22. The molecule has 8 heteroatoms. The second-order valence-corrected chi connectivity index (χ2v) is 9.05. The maximum Gasteiger partial charge on any atom is 0.238 e. The van der Waals surface area contributed by atoms with Crippen molar-refractivity contribution < 1.29 is 9.59 Å². The maximum atomic E-state index is 13.3. The van der Waals surface area contributed by atoms with Gasteiger partial charge in [-0.05, 0) is 64.6 Å². The van der Waals surface area contributed by atoms with E-state index in [0.717, 1.165) is 51.0 Å². The number of aryl methyl sites for hydroxylation is 1. The minimum absolute atomic E-state index is 0.0427. The minimum Gasteiger partial charge on any atom is -0.368 e. The molecule has 3 aliphatic heterocycles. The number of anilines is 1. The van der Waals surface area contributed by atoms with Crippen LogP contribution in [0.2, 0.25) is 0 Å². The first-order chi connectivity index (χ1) is 14.5. The van der Waals surface area contributed by atoms with Crippen molar-refractivity contribution in [3.63, 3.8) is 0 Å². The highest BCUT2D eigenvalue weighted by atomic mass is 16.2. The number of nitrogens with zero attached hydrogens (tertiary/aromatic N) is 5. The molecule has 3 aliphatic rings. The molecule has 164 valence electrons. The van der Waals surface area contributed by atoms with E-state index in [1.807, 2.05) is 17.9 Å². The van der Waals surface area contributed by atoms with Crippen LogP contribution in [0, 0.1) is 12.8 Å². The third-order valence-electron chi connectivity index (χ3n) is 7.16. The molecule has 0 aromatic carbocycles. The van der Waals surface area contributed by atoms with Crippen LogP contribution in [0.25, 0.3) is 0 Å². The molecular formula is C22H34N6O2. The Morgan fingerprint density at radius 3 is 2.47 bits per heavy atom. The summed E-state index contributed by atoms with van der Waals surface area (Å²) < 4.78 is 0. The third kappa shape index (κ3) is 4.15. The Bertz CT molecular complexity index is 771. The van der Waals surface area contributed by atoms with Gasteiger partial charge in [0.1, 0.15) is 5.54 Å². The topological polar surface area (TPSA) is 95.7 Å². The average Bonchev–Trinajstić information content (AvgIpc) is 2.79. The van der Waals surface area contributed by atoms with Crippen LogP contribution in [0.3, 0.4) is 0 Å². The van der Waals surface area contributed by atoms with Gasteiger partial charge < -0.3 is 15.5 Å². The van der Waals surface area contributed by atoms with Crippen LogP contribution in [0.5, 0.6) is 0 Å². The number of nitrogens with two attached hydrogens (primary N) is 1. The highest BCUT2D eigenvalue weighted by molar-refractivity contribution is 5.86. The Labute approximate surface area is 178 Å². The summed E-state index contributed by atoms with van der Waals surface area (Å²) in [5.41, 5.74) is 6.24. The summed E-state index contributed by atoms with van der Waals surface area (Å²) in [6.45, 7) is 6.58. The molecule has 1 aromatic heterocycles. The molecule has 2 N–H and O–H groups in total. The lowest BCUT2D eigenvalue weighted by Gasteiger charge is -2.48. The number of piperidine rings is 3. The van der Waals surface area contributed by atoms with Gasteiger partial charge in [-0.1, -0.05) is 6.42 Å². The Hall–Kier alpha value is -2.22. The Balaban J connectivity index is 1.39. The van der Waals surface area contributed by atoms with Gasteiger partial charge in [0.2, 0.25) is 17.8 Å². The van der Waals surface area contributed by atoms with Crippen molar-refractivity contribution in [3.8, 4) is 0 Å². The van der Waals surface area contributed by atoms with E-state index in [-0.39, 0.29) is 17.7 Å². The number of carbonyl (C=O) groups excluding carboxylic acids is 2. The fourth-order valence-corrected chi connectivity index (χ4v) is 5.34. The van der Waals surface area contributed by atoms with Crippen molar-refractivity contribution in [2.45, 2.75) is 57.4 Å². The number of primary amides is 1. The SMILES string of the molecule is Cc1ccnc(N2CCCC(C(=O)N3CCC(C(N)=O)(N4CCCCC4)CC3)C2)n1. The first-order valence-electron chi connectivity index (χ1n) is 11.4. The van der Waals surface area contributed by atoms with Crippen LogP contribution in [-0.2, 0) is 9.59 Å². The van der Waals surface area contributed by atoms with Gasteiger partial charge >= 0.3 is 0 Å². The quantitative estimate of drug-likeness (QED) is 0.799. The zero-order valence-electron chi connectivity index (χ0n) is 18.1. The van der Waals surface area contributed by atoms with Gasteiger partial charge in [0.05, 0.1) is 5.92 Å². The number of hydrogen-bond donors (Lipinski definition) is 1. The second-order valence-electron chi connectivity index (χ2n) is 9.05. The van der Waals surface area contributed by atoms with Crippen LogP contribution in [0.1, 0.15) is 50.6 Å². The lowest BCUT2D eigenvalue weighted by atomic mass is 9.82. The van der Waals surface area contributed by atoms with Gasteiger partial charge in [0, 0.05) is 38.1 Å². The van der Waals surface area contributed by atoms with E-state index in [4.69, 9.17) is 5.73 Å². The predicted octanol–water partition coefficient (Wildman–Crippen LogP) is 1.33. The summed E-state index contributed by atoms with van der Waals surface area (Å²) in [6.07, 6.45) is 8.38. The zero-order valence-corrected chi connectivity index (χ0v) is 18.1. The van der Waals surface area contributed by atoms with E-state index in [1.54, 1.807) is 6.20 Å². The maximum absolute atomic E-state index is 13.3. The molecule has 3 fully saturated rings. The molecule has 0 saturated carbocycles. The lowest BCUT2D eigenvalue weighted by molar-refractivity contribution is -0.144. The van der Waals surface area contributed by atoms with Crippen LogP contribution in [0.15, 0.2) is 12.3 Å². The van der Waals surface area contributed by atoms with E-state index < -0.39 is 5.54 Å². The van der Waals surface area contributed by atoms with Gasteiger partial charge in [-0.2, -0.15) is 0 Å². The van der Waals surface area contributed by atoms with Crippen LogP contribution < -0.4 is 10.6 Å². The van der Waals surface area contributed by atoms with Gasteiger partial charge in [0.15, 0.2) is 0 Å². The molecule has 30 heavy (non-hydrogen) atoms. The number of likely N-dealkylation sites (tertiary alicyclic amines) is 2. The van der Waals surface area contributed by atoms with Crippen LogP contribution in [-0.4, -0.2) is 76.4 Å². The number of rotatable bonds is 4. The molecule has 0 aliphatic carbocycles. The van der Waals surface area contributed by atoms with Crippen molar-refractivity contribution >= 4 is 17.8 Å². The summed E-state index contributed by atoms with van der Waals surface area (Å²) in [7, 11) is 0. The Morgan fingerprint density at radius 1 is 1.07 bits per heavy atom. The molecular weight excluding hydrogens is 380 g/mol. The Morgan fingerprint density at radius 2 is 1.80 bits per heavy atom. The molecule has 1 aromatic rings. The third-order valence-corrected chi connectivity index (χ3v) is 7.16. The molecule has 4 heterocycles. The van der Waals surface area contributed by atoms with Crippen LogP contribution in [0.4, 0.5) is 5.95 Å². The van der Waals surface area contributed by atoms with E-state index in [1.165, 1.54) is 6.42 Å². The van der Waals surface area contributed by atoms with E-state index >= 15 is 0 Å². The molecule has 0 spiro atoms. The highest BCUT2D eigenvalue weighted by Gasteiger charge is 2.46. The van der Waals surface area contributed by atoms with E-state index in [9.17, 15) is 9.59 Å². The molecule has 1 unspecified atom stereocenters. The monoisotopic (exact) mass is 414 g/mol. The van der Waals surface area contributed by atoms with Gasteiger partial charge in [-0.25, -0.2) is 9.97 Å². The number of amides is 2. The molecule has 1 atom stereocenters. The lowest BCUT2D eigenvalue weighted by Crippen LogP contribution is -2.64. The largest absolute Gasteiger partial charge is 0.368 e. The van der Waals surface area contributed by atoms with Crippen molar-refractivity contribution in [1.29, 1.82) is 0 Å². The fourth-order valence-electron chi connectivity index (χ4n) is 5.34. The smallest absolute Gasteiger partial charge is 0.238 e. The fraction of sp³-hybridized carbons (Fsp3) is 0.727. The predicted molar refractivity (Wildman–Crippen MR) is 115 cm³/mol. The first-order valence-corrected chi connectivity index (χ1v) is 11.4. The van der Waals surface area contributed by atoms with E-state index in [0.29, 0.717) is 38.4 Å². The molecule has 0 radical (unpaired) electrons. The normalized spacial score (nSPS) is 25.2. The van der Waals surface area contributed by atoms with Crippen molar-refractivity contribution in [3.05, 3.63) is 18.0 Å². The van der Waals surface area contributed by atoms with Crippen LogP contribution >= 0.6 is 0 Å². The number of aromatic nitrogens is 2. The summed E-state index contributed by atoms with van der Waals surface area (Å²) >= 11 is 0. The molecule has 8 nitrogen and oxygen atoms in total. The number of hydrogen-bond acceptors (Lipinski definition) is 6. The van der Waals surface area contributed by atoms with Crippen molar-refractivity contribution in [1.82, 2.24) is 19.8 Å². The first kappa shape index (κ1) is 21.0. The summed E-state index contributed by atoms with van der Waals surface area (Å²) in [6, 6.07) is 1.89. The van der Waals surface area contributed by atoms with Crippen molar-refractivity contribution in [2.24, 2.45) is 11.7 Å². The number of carbonyl (C=O) groups is 2. The summed E-state index contributed by atoms with van der Waals surface area (Å²) in [4.78, 5) is 41.0. The summed E-state index contributed by atoms with van der Waals surface area (Å²) in [5.74, 6) is 0.643. The molecule has 2 amide bonds. The average molecular weight is 415 g/mol. The highest BCUT2D eigenvalue weighted by Crippen LogP contribution is 2.33. The van der Waals surface area contributed by atoms with Gasteiger partial charge in [0.25, 0.3) is 0 Å². The van der Waals surface area contributed by atoms with E-state index in [2.05, 4.69) is 19.8 Å². The molecule has 0 bridgehead atoms. The van der Waals surface area contributed by atoms with Gasteiger partial charge in [-0.15, -0.1) is 0 Å². The molecule has 3 saturated heterocycles. The van der Waals surface area contributed by atoms with Crippen molar-refractivity contribution in [2.75, 3.05) is 44.2 Å². The standard InChI is InChI=1S/C22H34N6O2/c1-17-7-10-24-21(25-17)27-11-5-6-18(16-27)19(29)26-14-8-22(9-15-26,20(23)30)28-12-3-2-4-13-28/h7,10,18H,2-6,8-9,11-16H2,1H3,(H2,23,30).